The van der Waals surface area contributed by atoms with Gasteiger partial charge >= 0.3 is 0 Å². The highest BCUT2D eigenvalue weighted by Crippen LogP contribution is 2.31. The van der Waals surface area contributed by atoms with E-state index in [9.17, 15) is 0 Å². The monoisotopic (exact) mass is 540 g/mol. The van der Waals surface area contributed by atoms with Crippen LogP contribution in [0.5, 0.6) is 5.75 Å². The number of nitrogens with one attached hydrogen (secondary N) is 1. The molecule has 0 bridgehead atoms. The first-order valence-electron chi connectivity index (χ1n) is 12.6. The van der Waals surface area contributed by atoms with E-state index in [-0.39, 0.29) is 17.2 Å². The van der Waals surface area contributed by atoms with Crippen molar-refractivity contribution in [3.8, 4) is 5.75 Å². The average molecular weight is 541 g/mol. The first kappa shape index (κ1) is 30.6. The lowest BCUT2D eigenvalue weighted by Gasteiger charge is -2.19. The Morgan fingerprint density at radius 2 is 1.97 bits per heavy atom. The summed E-state index contributed by atoms with van der Waals surface area (Å²) in [6, 6.07) is 8.13. The van der Waals surface area contributed by atoms with Crippen molar-refractivity contribution in [2.75, 3.05) is 7.05 Å². The van der Waals surface area contributed by atoms with E-state index in [0.29, 0.717) is 11.8 Å². The van der Waals surface area contributed by atoms with Gasteiger partial charge in [0.2, 0.25) is 6.41 Å². The predicted molar refractivity (Wildman–Crippen MR) is 156 cm³/mol. The molecule has 1 fully saturated rings. The standard InChI is InChI=1S/C29H35ClFN3O.CH3NO/c1-7-9-28(29(31)25(30)17-33-23-11-12-23)35-27-14-15-32-26-16-22(10-13-24(26)27)20(4)18-34(6)21(5)19(3)8-2;2-1-3/h7,9-10,13-18,23,33H,8,11-12H2,1-6H3;1H,(H2,2,3)/b9-7-,20-18+,21-19?,25-17-,29-28-;. The van der Waals surface area contributed by atoms with E-state index < -0.39 is 5.83 Å². The number of rotatable bonds is 10. The number of hydrogen-bond acceptors (Lipinski definition) is 5. The highest BCUT2D eigenvalue weighted by atomic mass is 35.5. The number of benzene rings is 1. The Kier molecular flexibility index (Phi) is 12.1. The van der Waals surface area contributed by atoms with E-state index in [1.165, 1.54) is 17.5 Å². The van der Waals surface area contributed by atoms with Crippen LogP contribution in [0.25, 0.3) is 16.5 Å². The highest BCUT2D eigenvalue weighted by Gasteiger charge is 2.20. The van der Waals surface area contributed by atoms with Crippen LogP contribution in [-0.4, -0.2) is 29.4 Å². The maximum absolute atomic E-state index is 15.1. The largest absolute Gasteiger partial charge is 0.453 e. The number of allylic oxidation sites excluding steroid dienone is 7. The van der Waals surface area contributed by atoms with Crippen LogP contribution in [-0.2, 0) is 4.79 Å². The zero-order chi connectivity index (χ0) is 28.2. The van der Waals surface area contributed by atoms with Gasteiger partial charge in [0.05, 0.1) is 10.5 Å². The smallest absolute Gasteiger partial charge is 0.204 e. The number of pyridine rings is 1. The van der Waals surface area contributed by atoms with Gasteiger partial charge in [0.1, 0.15) is 5.75 Å². The SMILES string of the molecule is C\C=C/C(Oc1ccnc2cc(/C(C)=C/N(C)C(C)=C(C)CC)ccc12)=C(F)\C(Cl)=C\NC1CC1.NC=O. The van der Waals surface area contributed by atoms with Gasteiger partial charge in [-0.2, -0.15) is 0 Å². The number of primary amides is 1. The summed E-state index contributed by atoms with van der Waals surface area (Å²) in [5.41, 5.74) is 9.71. The number of nitrogens with zero attached hydrogens (tertiary/aromatic N) is 2. The molecule has 3 N–H and O–H groups in total. The van der Waals surface area contributed by atoms with Crippen molar-refractivity contribution in [1.82, 2.24) is 15.2 Å². The summed E-state index contributed by atoms with van der Waals surface area (Å²) in [5, 5.41) is 3.88. The Bertz CT molecular complexity index is 1280. The number of amides is 1. The first-order valence-corrected chi connectivity index (χ1v) is 13.0. The molecule has 1 amide bonds. The molecule has 1 heterocycles. The Morgan fingerprint density at radius 1 is 1.29 bits per heavy atom. The maximum Gasteiger partial charge on any atom is 0.204 e. The van der Waals surface area contributed by atoms with Gasteiger partial charge in [-0.1, -0.05) is 36.2 Å². The second-order valence-corrected chi connectivity index (χ2v) is 9.44. The summed E-state index contributed by atoms with van der Waals surface area (Å²) in [6.07, 6.45) is 12.0. The van der Waals surface area contributed by atoms with Crippen LogP contribution in [0.2, 0.25) is 0 Å². The zero-order valence-corrected chi connectivity index (χ0v) is 23.8. The predicted octanol–water partition coefficient (Wildman–Crippen LogP) is 7.30. The summed E-state index contributed by atoms with van der Waals surface area (Å²) < 4.78 is 21.1. The van der Waals surface area contributed by atoms with Crippen LogP contribution in [0.3, 0.4) is 0 Å². The van der Waals surface area contributed by atoms with E-state index in [0.717, 1.165) is 41.3 Å². The number of aromatic nitrogens is 1. The van der Waals surface area contributed by atoms with Crippen molar-refractivity contribution in [2.24, 2.45) is 5.73 Å². The van der Waals surface area contributed by atoms with E-state index >= 15 is 4.39 Å². The van der Waals surface area contributed by atoms with E-state index in [1.54, 1.807) is 31.3 Å². The van der Waals surface area contributed by atoms with Gasteiger partial charge in [0.15, 0.2) is 11.6 Å². The molecule has 0 atom stereocenters. The second-order valence-electron chi connectivity index (χ2n) is 9.03. The minimum atomic E-state index is -0.618. The molecule has 6 nitrogen and oxygen atoms in total. The summed E-state index contributed by atoms with van der Waals surface area (Å²) in [4.78, 5) is 15.3. The fourth-order valence-corrected chi connectivity index (χ4v) is 3.67. The van der Waals surface area contributed by atoms with Gasteiger partial charge in [-0.3, -0.25) is 9.78 Å². The van der Waals surface area contributed by atoms with E-state index in [2.05, 4.69) is 61.9 Å². The molecule has 0 spiro atoms. The molecule has 8 heteroatoms. The van der Waals surface area contributed by atoms with E-state index in [1.807, 2.05) is 18.2 Å². The highest BCUT2D eigenvalue weighted by molar-refractivity contribution is 6.31. The molecule has 0 aliphatic heterocycles. The number of fused-ring (bicyclic) bond motifs is 1. The molecular weight excluding hydrogens is 503 g/mol. The molecule has 0 radical (unpaired) electrons. The molecule has 1 aromatic heterocycles. The molecule has 0 unspecified atom stereocenters. The molecule has 2 aromatic rings. The van der Waals surface area contributed by atoms with Gasteiger partial charge in [-0.05, 0) is 82.4 Å². The molecule has 3 rings (SSSR count). The van der Waals surface area contributed by atoms with Crippen LogP contribution in [0.1, 0.15) is 59.4 Å². The Morgan fingerprint density at radius 3 is 2.58 bits per heavy atom. The number of halogens is 2. The van der Waals surface area contributed by atoms with Crippen molar-refractivity contribution in [3.63, 3.8) is 0 Å². The first-order chi connectivity index (χ1) is 18.2. The number of carbonyl (C=O) groups is 1. The molecule has 1 saturated carbocycles. The van der Waals surface area contributed by atoms with Crippen LogP contribution < -0.4 is 15.8 Å². The molecule has 1 aliphatic rings. The van der Waals surface area contributed by atoms with Crippen LogP contribution >= 0.6 is 11.6 Å². The number of hydrogen-bond donors (Lipinski definition) is 2. The number of nitrogens with two attached hydrogens (primary N) is 1. The maximum atomic E-state index is 15.1. The van der Waals surface area contributed by atoms with E-state index in [4.69, 9.17) is 21.1 Å². The summed E-state index contributed by atoms with van der Waals surface area (Å²) in [6.45, 7) is 10.3. The third kappa shape index (κ3) is 8.77. The van der Waals surface area contributed by atoms with Gasteiger partial charge in [0.25, 0.3) is 0 Å². The van der Waals surface area contributed by atoms with Crippen LogP contribution in [0, 0.1) is 0 Å². The quantitative estimate of drug-likeness (QED) is 0.188. The Balaban J connectivity index is 0.00000161. The van der Waals surface area contributed by atoms with Crippen molar-refractivity contribution in [2.45, 2.75) is 59.9 Å². The van der Waals surface area contributed by atoms with Gasteiger partial charge in [0, 0.05) is 42.8 Å². The van der Waals surface area contributed by atoms with Gasteiger partial charge < -0.3 is 20.7 Å². The third-order valence-corrected chi connectivity index (χ3v) is 6.48. The molecule has 1 aromatic carbocycles. The molecular formula is C30H38ClFN4O2. The lowest BCUT2D eigenvalue weighted by atomic mass is 10.0. The topological polar surface area (TPSA) is 80.5 Å². The molecule has 38 heavy (non-hydrogen) atoms. The number of carbonyl (C=O) groups excluding carboxylic acids is 1. The molecule has 204 valence electrons. The minimum Gasteiger partial charge on any atom is -0.453 e. The average Bonchev–Trinajstić information content (AvgIpc) is 3.75. The minimum absolute atomic E-state index is 0.0156. The summed E-state index contributed by atoms with van der Waals surface area (Å²) >= 11 is 6.19. The van der Waals surface area contributed by atoms with Crippen molar-refractivity contribution in [1.29, 1.82) is 0 Å². The van der Waals surface area contributed by atoms with Gasteiger partial charge in [-0.15, -0.1) is 0 Å². The van der Waals surface area contributed by atoms with Gasteiger partial charge in [-0.25, -0.2) is 4.39 Å². The fourth-order valence-electron chi connectivity index (χ4n) is 3.52. The third-order valence-electron chi connectivity index (χ3n) is 6.21. The zero-order valence-electron chi connectivity index (χ0n) is 23.0. The lowest BCUT2D eigenvalue weighted by molar-refractivity contribution is -0.106. The Labute approximate surface area is 230 Å². The fraction of sp³-hybridized carbons (Fsp3) is 0.333. The Hall–Kier alpha value is -3.58. The molecule has 1 aliphatic carbocycles. The van der Waals surface area contributed by atoms with Crippen molar-refractivity contribution in [3.05, 3.63) is 88.5 Å². The number of ether oxygens (including phenoxy) is 1. The van der Waals surface area contributed by atoms with Crippen LogP contribution in [0.15, 0.2) is 82.9 Å². The van der Waals surface area contributed by atoms with Crippen molar-refractivity contribution >= 4 is 34.5 Å². The van der Waals surface area contributed by atoms with Crippen molar-refractivity contribution < 1.29 is 13.9 Å². The summed E-state index contributed by atoms with van der Waals surface area (Å²) in [5.74, 6) is -0.0539. The lowest BCUT2D eigenvalue weighted by Crippen LogP contribution is -2.10. The van der Waals surface area contributed by atoms with Crippen LogP contribution in [0.4, 0.5) is 4.39 Å². The normalized spacial score (nSPS) is 15.4. The second kappa shape index (κ2) is 15.0. The summed E-state index contributed by atoms with van der Waals surface area (Å²) in [7, 11) is 2.06. The molecule has 0 saturated heterocycles.